The van der Waals surface area contributed by atoms with Crippen molar-refractivity contribution >= 4 is 29.2 Å². The van der Waals surface area contributed by atoms with Crippen LogP contribution in [0.25, 0.3) is 12.2 Å². The van der Waals surface area contributed by atoms with E-state index in [1.165, 1.54) is 22.2 Å². The number of nitro benzene ring substituents is 1. The average molecular weight is 488 g/mol. The summed E-state index contributed by atoms with van der Waals surface area (Å²) in [5.41, 5.74) is 7.79. The number of fused-ring (bicyclic) bond motifs is 1. The molecule has 1 aromatic heterocycles. The Morgan fingerprint density at radius 2 is 2.00 bits per heavy atom. The molecular weight excluding hydrogens is 450 g/mol. The maximum atomic E-state index is 11.3. The van der Waals surface area contributed by atoms with Crippen molar-refractivity contribution in [3.8, 4) is 0 Å². The summed E-state index contributed by atoms with van der Waals surface area (Å²) in [6, 6.07) is 4.70. The summed E-state index contributed by atoms with van der Waals surface area (Å²) in [6.45, 7) is 2.95. The van der Waals surface area contributed by atoms with E-state index in [2.05, 4.69) is 33.1 Å². The maximum absolute atomic E-state index is 11.3. The van der Waals surface area contributed by atoms with Crippen molar-refractivity contribution in [3.05, 3.63) is 50.6 Å². The molecule has 2 atom stereocenters. The number of nitrogens with one attached hydrogen (secondary N) is 1. The Kier molecular flexibility index (Phi) is 9.67. The second-order valence-corrected chi connectivity index (χ2v) is 8.89. The third-order valence-corrected chi connectivity index (χ3v) is 6.67. The number of likely N-dealkylation sites (tertiary alicyclic amines) is 1. The van der Waals surface area contributed by atoms with Crippen LogP contribution in [0.4, 0.5) is 17.1 Å². The molecule has 2 aliphatic rings. The zero-order valence-electron chi connectivity index (χ0n) is 20.3. The summed E-state index contributed by atoms with van der Waals surface area (Å²) >= 11 is 0. The zero-order valence-corrected chi connectivity index (χ0v) is 20.3. The third kappa shape index (κ3) is 6.61. The van der Waals surface area contributed by atoms with Gasteiger partial charge in [0.15, 0.2) is 0 Å². The van der Waals surface area contributed by atoms with Crippen molar-refractivity contribution in [2.45, 2.75) is 50.8 Å². The fraction of sp³-hybridized carbons (Fsp3) is 0.520. The smallest absolute Gasteiger partial charge is 0.294 e. The lowest BCUT2D eigenvalue weighted by Gasteiger charge is -2.36. The van der Waals surface area contributed by atoms with Gasteiger partial charge in [0, 0.05) is 62.6 Å². The summed E-state index contributed by atoms with van der Waals surface area (Å²) in [7, 11) is 1.00. The minimum atomic E-state index is -0.420. The van der Waals surface area contributed by atoms with Gasteiger partial charge in [0.2, 0.25) is 0 Å². The maximum Gasteiger partial charge on any atom is 0.294 e. The highest BCUT2D eigenvalue weighted by molar-refractivity contribution is 5.66. The van der Waals surface area contributed by atoms with E-state index >= 15 is 0 Å². The Bertz CT molecular complexity index is 1120. The number of aliphatic hydroxyl groups excluding tert-OH is 3. The number of aromatic nitrogens is 1. The molecule has 2 aromatic rings. The average Bonchev–Trinajstić information content (AvgIpc) is 3.22. The van der Waals surface area contributed by atoms with Crippen LogP contribution in [0, 0.1) is 10.1 Å². The molecule has 10 heteroatoms. The first-order valence-electron chi connectivity index (χ1n) is 12.1. The monoisotopic (exact) mass is 487 g/mol. The topological polar surface area (TPSA) is 150 Å². The second kappa shape index (κ2) is 12.7. The van der Waals surface area contributed by atoms with Crippen LogP contribution in [0.5, 0.6) is 0 Å². The van der Waals surface area contributed by atoms with Gasteiger partial charge in [-0.3, -0.25) is 15.0 Å². The molecule has 2 heterocycles. The van der Waals surface area contributed by atoms with Crippen LogP contribution < -0.4 is 21.6 Å². The molecular formula is C25H37N5O5. The molecule has 6 N–H and O–H groups in total. The number of nitrogen functional groups attached to an aromatic ring is 1. The summed E-state index contributed by atoms with van der Waals surface area (Å²) in [5, 5.41) is 43.6. The highest BCUT2D eigenvalue weighted by Gasteiger charge is 2.26. The highest BCUT2D eigenvalue weighted by atomic mass is 16.6. The van der Waals surface area contributed by atoms with Crippen molar-refractivity contribution in [2.75, 3.05) is 44.4 Å². The first kappa shape index (κ1) is 26.7. The molecule has 0 spiro atoms. The first-order chi connectivity index (χ1) is 17.0. The predicted molar refractivity (Wildman–Crippen MR) is 137 cm³/mol. The molecule has 0 saturated carbocycles. The lowest BCUT2D eigenvalue weighted by molar-refractivity contribution is -0.383. The molecule has 10 nitrogen and oxygen atoms in total. The number of piperidine rings is 1. The van der Waals surface area contributed by atoms with Crippen molar-refractivity contribution in [2.24, 2.45) is 0 Å². The molecule has 0 amide bonds. The Morgan fingerprint density at radius 1 is 1.23 bits per heavy atom. The Labute approximate surface area is 205 Å². The molecule has 1 aromatic carbocycles. The van der Waals surface area contributed by atoms with Crippen LogP contribution >= 0.6 is 0 Å². The van der Waals surface area contributed by atoms with E-state index in [1.807, 2.05) is 0 Å². The van der Waals surface area contributed by atoms with Gasteiger partial charge in [0.1, 0.15) is 5.69 Å². The number of nitrogens with two attached hydrogens (primary N) is 1. The van der Waals surface area contributed by atoms with Gasteiger partial charge in [-0.1, -0.05) is 12.2 Å². The molecule has 2 unspecified atom stereocenters. The Morgan fingerprint density at radius 3 is 2.74 bits per heavy atom. The van der Waals surface area contributed by atoms with Crippen molar-refractivity contribution in [3.63, 3.8) is 0 Å². The third-order valence-electron chi connectivity index (χ3n) is 6.67. The largest absolute Gasteiger partial charge is 0.400 e. The molecule has 4 rings (SSSR count). The summed E-state index contributed by atoms with van der Waals surface area (Å²) in [6.07, 6.45) is 10.7. The van der Waals surface area contributed by atoms with E-state index in [0.717, 1.165) is 45.9 Å². The van der Waals surface area contributed by atoms with E-state index in [0.29, 0.717) is 30.9 Å². The lowest BCUT2D eigenvalue weighted by atomic mass is 9.99. The standard InChI is InChI=1S/C24H33N5O4.CH4O/c25-18-5-6-22(24(13-18)29(32)33)26-9-12-28-15-17(21-3-1-2-4-23(21)28)7-10-27-11-8-20(31)14-19(27)16-30;1-2/h3-6,13,15,19-20,26,30-31H,1-2,7-12,14,16,25H2;2H,1H3. The van der Waals surface area contributed by atoms with Gasteiger partial charge in [0.25, 0.3) is 5.69 Å². The lowest BCUT2D eigenvalue weighted by Crippen LogP contribution is -2.47. The van der Waals surface area contributed by atoms with Crippen LogP contribution in [-0.2, 0) is 13.0 Å². The molecule has 1 saturated heterocycles. The van der Waals surface area contributed by atoms with Gasteiger partial charge in [-0.15, -0.1) is 0 Å². The van der Waals surface area contributed by atoms with Crippen molar-refractivity contribution in [1.82, 2.24) is 9.47 Å². The number of rotatable bonds is 9. The van der Waals surface area contributed by atoms with Gasteiger partial charge >= 0.3 is 0 Å². The number of benzene rings is 1. The summed E-state index contributed by atoms with van der Waals surface area (Å²) < 4.78 is 2.22. The molecule has 0 bridgehead atoms. The number of hydrogen-bond acceptors (Lipinski definition) is 8. The quantitative estimate of drug-likeness (QED) is 0.194. The van der Waals surface area contributed by atoms with Crippen LogP contribution in [0.3, 0.4) is 0 Å². The minimum absolute atomic E-state index is 0.0158. The van der Waals surface area contributed by atoms with E-state index in [4.69, 9.17) is 10.8 Å². The number of hydrogen-bond donors (Lipinski definition) is 5. The number of nitrogens with zero attached hydrogens (tertiary/aromatic N) is 3. The summed E-state index contributed by atoms with van der Waals surface area (Å²) in [4.78, 5) is 13.2. The minimum Gasteiger partial charge on any atom is -0.400 e. The molecule has 1 aliphatic carbocycles. The Hall–Kier alpha value is -2.92. The van der Waals surface area contributed by atoms with E-state index < -0.39 is 4.92 Å². The van der Waals surface area contributed by atoms with Crippen LogP contribution in [0.15, 0.2) is 24.4 Å². The van der Waals surface area contributed by atoms with Gasteiger partial charge in [-0.25, -0.2) is 0 Å². The number of aliphatic hydroxyl groups is 3. The summed E-state index contributed by atoms with van der Waals surface area (Å²) in [5.74, 6) is 0. The van der Waals surface area contributed by atoms with Gasteiger partial charge in [-0.2, -0.15) is 0 Å². The van der Waals surface area contributed by atoms with Crippen LogP contribution in [0.2, 0.25) is 0 Å². The van der Waals surface area contributed by atoms with E-state index in [1.54, 1.807) is 12.1 Å². The van der Waals surface area contributed by atoms with Gasteiger partial charge in [0.05, 0.1) is 17.6 Å². The van der Waals surface area contributed by atoms with Crippen molar-refractivity contribution < 1.29 is 20.2 Å². The van der Waals surface area contributed by atoms with E-state index in [-0.39, 0.29) is 24.4 Å². The number of nitro groups is 1. The molecule has 0 radical (unpaired) electrons. The highest BCUT2D eigenvalue weighted by Crippen LogP contribution is 2.26. The molecule has 1 fully saturated rings. The fourth-order valence-corrected chi connectivity index (χ4v) is 4.93. The molecule has 1 aliphatic heterocycles. The second-order valence-electron chi connectivity index (χ2n) is 8.89. The first-order valence-corrected chi connectivity index (χ1v) is 12.1. The fourth-order valence-electron chi connectivity index (χ4n) is 4.93. The molecule has 35 heavy (non-hydrogen) atoms. The van der Waals surface area contributed by atoms with E-state index in [9.17, 15) is 20.3 Å². The molecule has 192 valence electrons. The van der Waals surface area contributed by atoms with Crippen LogP contribution in [-0.4, -0.2) is 75.2 Å². The zero-order chi connectivity index (χ0) is 25.4. The Balaban J connectivity index is 0.00000167. The van der Waals surface area contributed by atoms with Crippen molar-refractivity contribution in [1.29, 1.82) is 0 Å². The normalized spacial score (nSPS) is 19.5. The van der Waals surface area contributed by atoms with Gasteiger partial charge < -0.3 is 30.9 Å². The SMILES string of the molecule is CO.Nc1ccc(NCCn2cc(CCN3CCC(O)CC3CO)c3c2=CCCC=3)c([N+](=O)[O-])c1. The predicted octanol–water partition coefficient (Wildman–Crippen LogP) is 0.414. The number of anilines is 2. The van der Waals surface area contributed by atoms with Gasteiger partial charge in [-0.05, 0) is 55.0 Å². The van der Waals surface area contributed by atoms with Crippen LogP contribution in [0.1, 0.15) is 31.2 Å².